The van der Waals surface area contributed by atoms with E-state index in [0.717, 1.165) is 18.7 Å². The molecule has 0 N–H and O–H groups in total. The van der Waals surface area contributed by atoms with Gasteiger partial charge in [-0.2, -0.15) is 0 Å². The summed E-state index contributed by atoms with van der Waals surface area (Å²) in [5, 5.41) is 10.8. The van der Waals surface area contributed by atoms with E-state index in [2.05, 4.69) is 11.8 Å². The van der Waals surface area contributed by atoms with E-state index >= 15 is 0 Å². The highest BCUT2D eigenvalue weighted by Gasteiger charge is 2.23. The minimum absolute atomic E-state index is 0.115. The first-order chi connectivity index (χ1) is 9.17. The van der Waals surface area contributed by atoms with Gasteiger partial charge in [0.15, 0.2) is 6.29 Å². The SMILES string of the molecule is CCC1COCCN1c1ccc([N+](=O)[O-])c(C=O)c1. The molecule has 0 spiro atoms. The summed E-state index contributed by atoms with van der Waals surface area (Å²) in [4.78, 5) is 23.4. The smallest absolute Gasteiger partial charge is 0.280 e. The average Bonchev–Trinajstić information content (AvgIpc) is 2.46. The Hall–Kier alpha value is -1.95. The molecular formula is C13H16N2O4. The minimum Gasteiger partial charge on any atom is -0.377 e. The van der Waals surface area contributed by atoms with E-state index < -0.39 is 4.92 Å². The zero-order valence-corrected chi connectivity index (χ0v) is 10.7. The molecule has 1 aromatic rings. The van der Waals surface area contributed by atoms with Gasteiger partial charge in [0.1, 0.15) is 0 Å². The highest BCUT2D eigenvalue weighted by Crippen LogP contribution is 2.27. The Morgan fingerprint density at radius 1 is 1.58 bits per heavy atom. The zero-order valence-electron chi connectivity index (χ0n) is 10.7. The predicted molar refractivity (Wildman–Crippen MR) is 70.7 cm³/mol. The van der Waals surface area contributed by atoms with Gasteiger partial charge in [0, 0.05) is 18.3 Å². The van der Waals surface area contributed by atoms with Crippen molar-refractivity contribution >= 4 is 17.7 Å². The van der Waals surface area contributed by atoms with Gasteiger partial charge in [0.25, 0.3) is 5.69 Å². The molecule has 6 nitrogen and oxygen atoms in total. The number of nitro groups is 1. The van der Waals surface area contributed by atoms with Gasteiger partial charge >= 0.3 is 0 Å². The fraction of sp³-hybridized carbons (Fsp3) is 0.462. The van der Waals surface area contributed by atoms with E-state index in [1.165, 1.54) is 6.07 Å². The van der Waals surface area contributed by atoms with Crippen molar-refractivity contribution in [1.82, 2.24) is 0 Å². The Morgan fingerprint density at radius 2 is 2.37 bits per heavy atom. The summed E-state index contributed by atoms with van der Waals surface area (Å²) in [5.74, 6) is 0. The maximum absolute atomic E-state index is 11.0. The average molecular weight is 264 g/mol. The first-order valence-corrected chi connectivity index (χ1v) is 6.25. The number of rotatable bonds is 4. The lowest BCUT2D eigenvalue weighted by Crippen LogP contribution is -2.45. The molecule has 1 unspecified atom stereocenters. The molecule has 0 bridgehead atoms. The van der Waals surface area contributed by atoms with Crippen molar-refractivity contribution in [1.29, 1.82) is 0 Å². The summed E-state index contributed by atoms with van der Waals surface area (Å²) in [6.45, 7) is 4.07. The van der Waals surface area contributed by atoms with Crippen molar-refractivity contribution in [3.8, 4) is 0 Å². The monoisotopic (exact) mass is 264 g/mol. The number of aldehydes is 1. The van der Waals surface area contributed by atoms with Crippen LogP contribution in [-0.2, 0) is 4.74 Å². The molecule has 1 aliphatic heterocycles. The molecule has 0 aromatic heterocycles. The molecule has 2 rings (SSSR count). The van der Waals surface area contributed by atoms with Crippen molar-refractivity contribution in [2.45, 2.75) is 19.4 Å². The highest BCUT2D eigenvalue weighted by atomic mass is 16.6. The van der Waals surface area contributed by atoms with E-state index in [0.29, 0.717) is 19.5 Å². The van der Waals surface area contributed by atoms with Crippen LogP contribution in [0.1, 0.15) is 23.7 Å². The number of ether oxygens (including phenoxy) is 1. The lowest BCUT2D eigenvalue weighted by Gasteiger charge is -2.37. The molecule has 1 aliphatic rings. The second-order valence-corrected chi connectivity index (χ2v) is 4.45. The molecule has 1 heterocycles. The van der Waals surface area contributed by atoms with Crippen molar-refractivity contribution in [3.63, 3.8) is 0 Å². The van der Waals surface area contributed by atoms with Gasteiger partial charge in [-0.3, -0.25) is 14.9 Å². The Morgan fingerprint density at radius 3 is 3.00 bits per heavy atom. The predicted octanol–water partition coefficient (Wildman–Crippen LogP) is 2.02. The maximum Gasteiger partial charge on any atom is 0.280 e. The fourth-order valence-corrected chi connectivity index (χ4v) is 2.31. The van der Waals surface area contributed by atoms with E-state index in [-0.39, 0.29) is 17.3 Å². The lowest BCUT2D eigenvalue weighted by molar-refractivity contribution is -0.385. The number of hydrogen-bond donors (Lipinski definition) is 0. The summed E-state index contributed by atoms with van der Waals surface area (Å²) in [6, 6.07) is 4.91. The number of hydrogen-bond acceptors (Lipinski definition) is 5. The van der Waals surface area contributed by atoms with Gasteiger partial charge in [-0.1, -0.05) is 6.92 Å². The molecule has 0 radical (unpaired) electrons. The molecule has 0 saturated carbocycles. The molecule has 1 aromatic carbocycles. The Kier molecular flexibility index (Phi) is 4.11. The number of nitro benzene ring substituents is 1. The fourth-order valence-electron chi connectivity index (χ4n) is 2.31. The van der Waals surface area contributed by atoms with Gasteiger partial charge in [-0.05, 0) is 18.6 Å². The third-order valence-corrected chi connectivity index (χ3v) is 3.37. The van der Waals surface area contributed by atoms with Gasteiger partial charge in [0.05, 0.1) is 29.7 Å². The molecule has 1 fully saturated rings. The molecule has 0 amide bonds. The maximum atomic E-state index is 11.0. The normalized spacial score (nSPS) is 19.2. The van der Waals surface area contributed by atoms with Gasteiger partial charge in [-0.15, -0.1) is 0 Å². The number of benzene rings is 1. The third-order valence-electron chi connectivity index (χ3n) is 3.37. The molecule has 1 atom stereocenters. The van der Waals surface area contributed by atoms with Crippen molar-refractivity contribution in [3.05, 3.63) is 33.9 Å². The second-order valence-electron chi connectivity index (χ2n) is 4.45. The van der Waals surface area contributed by atoms with Gasteiger partial charge in [-0.25, -0.2) is 0 Å². The van der Waals surface area contributed by atoms with E-state index in [9.17, 15) is 14.9 Å². The molecule has 6 heteroatoms. The number of carbonyl (C=O) groups excluding carboxylic acids is 1. The van der Waals surface area contributed by atoms with E-state index in [1.807, 2.05) is 0 Å². The highest BCUT2D eigenvalue weighted by molar-refractivity contribution is 5.83. The first-order valence-electron chi connectivity index (χ1n) is 6.25. The number of nitrogens with zero attached hydrogens (tertiary/aromatic N) is 2. The van der Waals surface area contributed by atoms with Crippen LogP contribution in [0.25, 0.3) is 0 Å². The summed E-state index contributed by atoms with van der Waals surface area (Å²) >= 11 is 0. The standard InChI is InChI=1S/C13H16N2O4/c1-2-11-9-19-6-5-14(11)12-3-4-13(15(17)18)10(7-12)8-16/h3-4,7-8,11H,2,5-6,9H2,1H3. The van der Waals surface area contributed by atoms with Crippen LogP contribution in [0.2, 0.25) is 0 Å². The van der Waals surface area contributed by atoms with Crippen LogP contribution in [0.3, 0.4) is 0 Å². The lowest BCUT2D eigenvalue weighted by atomic mass is 10.1. The van der Waals surface area contributed by atoms with Crippen molar-refractivity contribution in [2.75, 3.05) is 24.7 Å². The van der Waals surface area contributed by atoms with Crippen LogP contribution >= 0.6 is 0 Å². The zero-order chi connectivity index (χ0) is 13.8. The van der Waals surface area contributed by atoms with Crippen molar-refractivity contribution in [2.24, 2.45) is 0 Å². The molecular weight excluding hydrogens is 248 g/mol. The summed E-state index contributed by atoms with van der Waals surface area (Å²) in [7, 11) is 0. The number of carbonyl (C=O) groups is 1. The summed E-state index contributed by atoms with van der Waals surface area (Å²) in [6.07, 6.45) is 1.45. The van der Waals surface area contributed by atoms with E-state index in [4.69, 9.17) is 4.74 Å². The van der Waals surface area contributed by atoms with Crippen LogP contribution < -0.4 is 4.90 Å². The van der Waals surface area contributed by atoms with Crippen molar-refractivity contribution < 1.29 is 14.5 Å². The topological polar surface area (TPSA) is 72.7 Å². The summed E-state index contributed by atoms with van der Waals surface area (Å²) in [5.41, 5.74) is 0.798. The van der Waals surface area contributed by atoms with Crippen LogP contribution in [0, 0.1) is 10.1 Å². The Labute approximate surface area is 111 Å². The van der Waals surface area contributed by atoms with Gasteiger partial charge < -0.3 is 9.64 Å². The Balaban J connectivity index is 2.34. The van der Waals surface area contributed by atoms with E-state index in [1.54, 1.807) is 12.1 Å². The van der Waals surface area contributed by atoms with Crippen LogP contribution in [0.5, 0.6) is 0 Å². The first kappa shape index (κ1) is 13.5. The molecule has 102 valence electrons. The van der Waals surface area contributed by atoms with Gasteiger partial charge in [0.2, 0.25) is 0 Å². The summed E-state index contributed by atoms with van der Waals surface area (Å²) < 4.78 is 5.42. The quantitative estimate of drug-likeness (QED) is 0.472. The molecule has 0 aliphatic carbocycles. The largest absolute Gasteiger partial charge is 0.377 e. The Bertz CT molecular complexity index is 490. The van der Waals surface area contributed by atoms with Crippen LogP contribution in [0.4, 0.5) is 11.4 Å². The molecule has 1 saturated heterocycles. The second kappa shape index (κ2) is 5.79. The van der Waals surface area contributed by atoms with Crippen LogP contribution in [0.15, 0.2) is 18.2 Å². The number of morpholine rings is 1. The number of anilines is 1. The van der Waals surface area contributed by atoms with Crippen LogP contribution in [-0.4, -0.2) is 37.0 Å². The third kappa shape index (κ3) is 2.73. The molecule has 19 heavy (non-hydrogen) atoms. The minimum atomic E-state index is -0.538.